The minimum absolute atomic E-state index is 0.707. The first-order valence-corrected chi connectivity index (χ1v) is 5.98. The smallest absolute Gasteiger partial charge is 0.0135 e. The van der Waals surface area contributed by atoms with Crippen molar-refractivity contribution in [2.75, 3.05) is 0 Å². The molecule has 0 aliphatic heterocycles. The first-order valence-electron chi connectivity index (χ1n) is 4.90. The molecule has 0 N–H and O–H groups in total. The molecule has 0 spiro atoms. The van der Waals surface area contributed by atoms with Crippen molar-refractivity contribution in [2.45, 2.75) is 39.5 Å². The molecular weight excluding hydrogens is 271 g/mol. The minimum atomic E-state index is 0.707. The van der Waals surface area contributed by atoms with Gasteiger partial charge in [-0.3, -0.25) is 0 Å². The predicted octanol–water partition coefficient (Wildman–Crippen LogP) is 4.50. The minimum Gasteiger partial charge on any atom is -0.0654 e. The maximum absolute atomic E-state index is 2.39. The highest BCUT2D eigenvalue weighted by atomic mass is 127. The molecule has 1 rings (SSSR count). The highest BCUT2D eigenvalue weighted by Crippen LogP contribution is 2.23. The lowest BCUT2D eigenvalue weighted by Crippen LogP contribution is -1.94. The van der Waals surface area contributed by atoms with Crippen LogP contribution in [-0.2, 0) is 0 Å². The Bertz CT molecular complexity index is 258. The summed E-state index contributed by atoms with van der Waals surface area (Å²) < 4.78 is 1.36. The lowest BCUT2D eigenvalue weighted by atomic mass is 9.95. The molecule has 0 aromatic heterocycles. The maximum atomic E-state index is 2.39. The van der Waals surface area contributed by atoms with Gasteiger partial charge in [-0.2, -0.15) is 0 Å². The van der Waals surface area contributed by atoms with E-state index in [1.54, 1.807) is 0 Å². The monoisotopic (exact) mass is 288 g/mol. The van der Waals surface area contributed by atoms with Crippen molar-refractivity contribution in [1.29, 1.82) is 0 Å². The van der Waals surface area contributed by atoms with Crippen molar-refractivity contribution in [3.63, 3.8) is 0 Å². The summed E-state index contributed by atoms with van der Waals surface area (Å²) in [5.41, 5.74) is 2.87. The van der Waals surface area contributed by atoms with Gasteiger partial charge in [-0.15, -0.1) is 0 Å². The Hall–Kier alpha value is -0.0500. The largest absolute Gasteiger partial charge is 0.0654 e. The van der Waals surface area contributed by atoms with Crippen LogP contribution in [0.25, 0.3) is 0 Å². The lowest BCUT2D eigenvalue weighted by Gasteiger charge is -2.11. The summed E-state index contributed by atoms with van der Waals surface area (Å²) in [6.45, 7) is 6.73. The van der Waals surface area contributed by atoms with Gasteiger partial charge in [0.25, 0.3) is 0 Å². The van der Waals surface area contributed by atoms with Gasteiger partial charge in [-0.25, -0.2) is 0 Å². The van der Waals surface area contributed by atoms with E-state index in [9.17, 15) is 0 Å². The van der Waals surface area contributed by atoms with Gasteiger partial charge in [0.2, 0.25) is 0 Å². The zero-order valence-corrected chi connectivity index (χ0v) is 10.8. The first kappa shape index (κ1) is 11.0. The van der Waals surface area contributed by atoms with Crippen molar-refractivity contribution in [1.82, 2.24) is 0 Å². The molecule has 0 aliphatic carbocycles. The van der Waals surface area contributed by atoms with Crippen molar-refractivity contribution < 1.29 is 0 Å². The molecule has 13 heavy (non-hydrogen) atoms. The van der Waals surface area contributed by atoms with Gasteiger partial charge in [-0.1, -0.05) is 26.3 Å². The molecule has 0 unspecified atom stereocenters. The first-order chi connectivity index (χ1) is 6.13. The molecular formula is C12H17I. The van der Waals surface area contributed by atoms with Crippen LogP contribution in [0.2, 0.25) is 0 Å². The Morgan fingerprint density at radius 2 is 2.00 bits per heavy atom. The van der Waals surface area contributed by atoms with E-state index in [0.29, 0.717) is 5.92 Å². The third kappa shape index (κ3) is 3.29. The van der Waals surface area contributed by atoms with E-state index in [-0.39, 0.29) is 0 Å². The van der Waals surface area contributed by atoms with E-state index in [1.165, 1.54) is 27.5 Å². The van der Waals surface area contributed by atoms with E-state index >= 15 is 0 Å². The summed E-state index contributed by atoms with van der Waals surface area (Å²) in [5, 5.41) is 0. The normalized spacial score (nSPS) is 12.9. The third-order valence-corrected chi connectivity index (χ3v) is 2.98. The second-order valence-corrected chi connectivity index (χ2v) is 5.00. The van der Waals surface area contributed by atoms with Crippen LogP contribution in [-0.4, -0.2) is 0 Å². The number of rotatable bonds is 3. The quantitative estimate of drug-likeness (QED) is 0.718. The van der Waals surface area contributed by atoms with Crippen LogP contribution >= 0.6 is 22.6 Å². The van der Waals surface area contributed by atoms with Gasteiger partial charge in [0.05, 0.1) is 0 Å². The molecule has 0 bridgehead atoms. The van der Waals surface area contributed by atoms with Crippen LogP contribution in [0.15, 0.2) is 18.2 Å². The van der Waals surface area contributed by atoms with Crippen LogP contribution in [0.3, 0.4) is 0 Å². The topological polar surface area (TPSA) is 0 Å². The third-order valence-electron chi connectivity index (χ3n) is 2.36. The second kappa shape index (κ2) is 4.99. The standard InChI is InChI=1S/C12H17I/c1-4-5-10(3)11-6-9(2)7-12(13)8-11/h6-8,10H,4-5H2,1-3H3/t10-/m1/s1. The second-order valence-electron chi connectivity index (χ2n) is 3.75. The fraction of sp³-hybridized carbons (Fsp3) is 0.500. The molecule has 1 atom stereocenters. The van der Waals surface area contributed by atoms with E-state index in [2.05, 4.69) is 61.6 Å². The number of benzene rings is 1. The molecule has 0 saturated carbocycles. The molecule has 0 heterocycles. The predicted molar refractivity (Wildman–Crippen MR) is 67.2 cm³/mol. The zero-order chi connectivity index (χ0) is 9.84. The number of halogens is 1. The Morgan fingerprint density at radius 3 is 2.54 bits per heavy atom. The highest BCUT2D eigenvalue weighted by molar-refractivity contribution is 14.1. The maximum Gasteiger partial charge on any atom is 0.0135 e. The molecule has 0 nitrogen and oxygen atoms in total. The SMILES string of the molecule is CCC[C@@H](C)c1cc(C)cc(I)c1. The van der Waals surface area contributed by atoms with E-state index in [4.69, 9.17) is 0 Å². The molecule has 1 aromatic rings. The zero-order valence-electron chi connectivity index (χ0n) is 8.60. The number of hydrogen-bond acceptors (Lipinski definition) is 0. The molecule has 1 heteroatoms. The van der Waals surface area contributed by atoms with Crippen molar-refractivity contribution >= 4 is 22.6 Å². The molecule has 0 saturated heterocycles. The van der Waals surface area contributed by atoms with Crippen LogP contribution < -0.4 is 0 Å². The van der Waals surface area contributed by atoms with Gasteiger partial charge < -0.3 is 0 Å². The van der Waals surface area contributed by atoms with Crippen molar-refractivity contribution in [3.05, 3.63) is 32.9 Å². The van der Waals surface area contributed by atoms with Crippen LogP contribution in [0.4, 0.5) is 0 Å². The summed E-state index contributed by atoms with van der Waals surface area (Å²) in [5.74, 6) is 0.707. The Balaban J connectivity index is 2.87. The average molecular weight is 288 g/mol. The van der Waals surface area contributed by atoms with Gasteiger partial charge in [0.15, 0.2) is 0 Å². The van der Waals surface area contributed by atoms with Crippen LogP contribution in [0, 0.1) is 10.5 Å². The molecule has 72 valence electrons. The van der Waals surface area contributed by atoms with E-state index in [0.717, 1.165) is 0 Å². The Morgan fingerprint density at radius 1 is 1.31 bits per heavy atom. The molecule has 1 aromatic carbocycles. The summed E-state index contributed by atoms with van der Waals surface area (Å²) in [6, 6.07) is 6.83. The molecule has 0 aliphatic rings. The average Bonchev–Trinajstić information content (AvgIpc) is 2.03. The van der Waals surface area contributed by atoms with Gasteiger partial charge in [0, 0.05) is 3.57 Å². The van der Waals surface area contributed by atoms with Crippen LogP contribution in [0.1, 0.15) is 43.7 Å². The lowest BCUT2D eigenvalue weighted by molar-refractivity contribution is 0.664. The summed E-state index contributed by atoms with van der Waals surface area (Å²) in [6.07, 6.45) is 2.56. The highest BCUT2D eigenvalue weighted by Gasteiger charge is 2.05. The Labute approximate surface area is 94.9 Å². The molecule has 0 radical (unpaired) electrons. The summed E-state index contributed by atoms with van der Waals surface area (Å²) in [7, 11) is 0. The van der Waals surface area contributed by atoms with Crippen molar-refractivity contribution in [2.24, 2.45) is 0 Å². The summed E-state index contributed by atoms with van der Waals surface area (Å²) in [4.78, 5) is 0. The van der Waals surface area contributed by atoms with E-state index < -0.39 is 0 Å². The van der Waals surface area contributed by atoms with Gasteiger partial charge in [-0.05, 0) is 65.1 Å². The summed E-state index contributed by atoms with van der Waals surface area (Å²) >= 11 is 2.39. The Kier molecular flexibility index (Phi) is 4.23. The van der Waals surface area contributed by atoms with Crippen LogP contribution in [0.5, 0.6) is 0 Å². The fourth-order valence-electron chi connectivity index (χ4n) is 1.65. The van der Waals surface area contributed by atoms with E-state index in [1.807, 2.05) is 0 Å². The number of hydrogen-bond donors (Lipinski definition) is 0. The molecule has 0 amide bonds. The fourth-order valence-corrected chi connectivity index (χ4v) is 2.50. The van der Waals surface area contributed by atoms with Gasteiger partial charge >= 0.3 is 0 Å². The van der Waals surface area contributed by atoms with Gasteiger partial charge in [0.1, 0.15) is 0 Å². The number of aryl methyl sites for hydroxylation is 1. The molecule has 0 fully saturated rings. The van der Waals surface area contributed by atoms with Crippen molar-refractivity contribution in [3.8, 4) is 0 Å².